The fourth-order valence-corrected chi connectivity index (χ4v) is 2.74. The number of aromatic nitrogens is 2. The lowest BCUT2D eigenvalue weighted by atomic mass is 9.93. The molecule has 2 aromatic rings. The Balaban J connectivity index is 1.51. The number of benzene rings is 1. The zero-order valence-electron chi connectivity index (χ0n) is 11.7. The van der Waals surface area contributed by atoms with Crippen molar-refractivity contribution in [2.24, 2.45) is 5.92 Å². The Morgan fingerprint density at radius 2 is 1.95 bits per heavy atom. The SMILES string of the molecule is c1ccc(Cc2noc(CCC3CCNCC3)n2)cc1. The van der Waals surface area contributed by atoms with Crippen LogP contribution in [0.3, 0.4) is 0 Å². The Hall–Kier alpha value is -1.68. The molecule has 0 aliphatic carbocycles. The van der Waals surface area contributed by atoms with Crippen molar-refractivity contribution in [2.75, 3.05) is 13.1 Å². The van der Waals surface area contributed by atoms with Gasteiger partial charge in [-0.3, -0.25) is 0 Å². The Bertz CT molecular complexity index is 518. The van der Waals surface area contributed by atoms with E-state index >= 15 is 0 Å². The van der Waals surface area contributed by atoms with Crippen LogP contribution in [0, 0.1) is 5.92 Å². The van der Waals surface area contributed by atoms with Gasteiger partial charge in [-0.1, -0.05) is 35.5 Å². The van der Waals surface area contributed by atoms with Crippen LogP contribution in [0.4, 0.5) is 0 Å². The van der Waals surface area contributed by atoms with Gasteiger partial charge in [0, 0.05) is 12.8 Å². The highest BCUT2D eigenvalue weighted by Crippen LogP contribution is 2.18. The van der Waals surface area contributed by atoms with E-state index in [-0.39, 0.29) is 0 Å². The summed E-state index contributed by atoms with van der Waals surface area (Å²) >= 11 is 0. The smallest absolute Gasteiger partial charge is 0.226 e. The van der Waals surface area contributed by atoms with Crippen LogP contribution in [0.5, 0.6) is 0 Å². The van der Waals surface area contributed by atoms with Crippen molar-refractivity contribution in [2.45, 2.75) is 32.1 Å². The highest BCUT2D eigenvalue weighted by Gasteiger charge is 2.15. The van der Waals surface area contributed by atoms with Gasteiger partial charge < -0.3 is 9.84 Å². The van der Waals surface area contributed by atoms with Gasteiger partial charge >= 0.3 is 0 Å². The van der Waals surface area contributed by atoms with Crippen molar-refractivity contribution < 1.29 is 4.52 Å². The predicted octanol–water partition coefficient (Wildman–Crippen LogP) is 2.59. The van der Waals surface area contributed by atoms with Gasteiger partial charge in [-0.05, 0) is 43.8 Å². The number of aryl methyl sites for hydroxylation is 1. The third kappa shape index (κ3) is 3.67. The molecule has 106 valence electrons. The first kappa shape index (κ1) is 13.3. The summed E-state index contributed by atoms with van der Waals surface area (Å²) in [5.74, 6) is 2.38. The third-order valence-corrected chi connectivity index (χ3v) is 3.94. The van der Waals surface area contributed by atoms with Gasteiger partial charge in [0.1, 0.15) is 0 Å². The maximum absolute atomic E-state index is 5.35. The molecule has 20 heavy (non-hydrogen) atoms. The molecule has 0 radical (unpaired) electrons. The molecule has 1 saturated heterocycles. The molecule has 0 bridgehead atoms. The van der Waals surface area contributed by atoms with Gasteiger partial charge in [0.2, 0.25) is 5.89 Å². The fourth-order valence-electron chi connectivity index (χ4n) is 2.74. The van der Waals surface area contributed by atoms with Gasteiger partial charge in [-0.2, -0.15) is 4.98 Å². The first-order chi connectivity index (χ1) is 9.90. The lowest BCUT2D eigenvalue weighted by Crippen LogP contribution is -2.27. The molecule has 0 spiro atoms. The second-order valence-electron chi connectivity index (χ2n) is 5.50. The van der Waals surface area contributed by atoms with Gasteiger partial charge in [-0.15, -0.1) is 0 Å². The first-order valence-corrected chi connectivity index (χ1v) is 7.46. The second kappa shape index (κ2) is 6.66. The van der Waals surface area contributed by atoms with Crippen LogP contribution in [-0.2, 0) is 12.8 Å². The molecule has 0 saturated carbocycles. The van der Waals surface area contributed by atoms with Crippen LogP contribution in [0.2, 0.25) is 0 Å². The summed E-state index contributed by atoms with van der Waals surface area (Å²) in [5, 5.41) is 7.47. The molecule has 1 aromatic heterocycles. The summed E-state index contributed by atoms with van der Waals surface area (Å²) in [6.07, 6.45) is 5.36. The molecule has 4 heteroatoms. The topological polar surface area (TPSA) is 51.0 Å². The van der Waals surface area contributed by atoms with E-state index in [4.69, 9.17) is 4.52 Å². The summed E-state index contributed by atoms with van der Waals surface area (Å²) in [6, 6.07) is 10.3. The Kier molecular flexibility index (Phi) is 4.43. The van der Waals surface area contributed by atoms with Crippen molar-refractivity contribution in [1.82, 2.24) is 15.5 Å². The minimum absolute atomic E-state index is 0.748. The zero-order valence-corrected chi connectivity index (χ0v) is 11.7. The van der Waals surface area contributed by atoms with Gasteiger partial charge in [-0.25, -0.2) is 0 Å². The second-order valence-corrected chi connectivity index (χ2v) is 5.50. The molecule has 1 N–H and O–H groups in total. The van der Waals surface area contributed by atoms with Crippen molar-refractivity contribution in [3.63, 3.8) is 0 Å². The summed E-state index contributed by atoms with van der Waals surface area (Å²) < 4.78 is 5.35. The van der Waals surface area contributed by atoms with E-state index in [1.165, 1.54) is 18.4 Å². The average molecular weight is 271 g/mol. The molecule has 1 fully saturated rings. The molecule has 1 aliphatic heterocycles. The number of piperidine rings is 1. The van der Waals surface area contributed by atoms with E-state index in [2.05, 4.69) is 27.6 Å². The number of hydrogen-bond acceptors (Lipinski definition) is 4. The molecule has 1 aromatic carbocycles. The van der Waals surface area contributed by atoms with Crippen LogP contribution in [0.1, 0.15) is 36.5 Å². The van der Waals surface area contributed by atoms with Gasteiger partial charge in [0.25, 0.3) is 0 Å². The van der Waals surface area contributed by atoms with E-state index in [9.17, 15) is 0 Å². The molecule has 3 rings (SSSR count). The highest BCUT2D eigenvalue weighted by molar-refractivity contribution is 5.18. The lowest BCUT2D eigenvalue weighted by Gasteiger charge is -2.21. The summed E-state index contributed by atoms with van der Waals surface area (Å²) in [5.41, 5.74) is 1.22. The van der Waals surface area contributed by atoms with Crippen LogP contribution < -0.4 is 5.32 Å². The lowest BCUT2D eigenvalue weighted by molar-refractivity contribution is 0.323. The zero-order chi connectivity index (χ0) is 13.6. The number of nitrogens with one attached hydrogen (secondary N) is 1. The molecule has 1 aliphatic rings. The van der Waals surface area contributed by atoms with E-state index in [1.807, 2.05) is 18.2 Å². The van der Waals surface area contributed by atoms with Crippen molar-refractivity contribution >= 4 is 0 Å². The highest BCUT2D eigenvalue weighted by atomic mass is 16.5. The largest absolute Gasteiger partial charge is 0.339 e. The number of hydrogen-bond donors (Lipinski definition) is 1. The minimum Gasteiger partial charge on any atom is -0.339 e. The van der Waals surface area contributed by atoms with Crippen LogP contribution in [0.15, 0.2) is 34.9 Å². The van der Waals surface area contributed by atoms with E-state index in [0.29, 0.717) is 0 Å². The summed E-state index contributed by atoms with van der Waals surface area (Å²) in [6.45, 7) is 2.29. The molecular weight excluding hydrogens is 250 g/mol. The fraction of sp³-hybridized carbons (Fsp3) is 0.500. The minimum atomic E-state index is 0.748. The van der Waals surface area contributed by atoms with E-state index in [0.717, 1.165) is 50.0 Å². The Morgan fingerprint density at radius 1 is 1.15 bits per heavy atom. The summed E-state index contributed by atoms with van der Waals surface area (Å²) in [7, 11) is 0. The number of nitrogens with zero attached hydrogens (tertiary/aromatic N) is 2. The third-order valence-electron chi connectivity index (χ3n) is 3.94. The van der Waals surface area contributed by atoms with Crippen LogP contribution in [-0.4, -0.2) is 23.2 Å². The predicted molar refractivity (Wildman–Crippen MR) is 77.5 cm³/mol. The average Bonchev–Trinajstić information content (AvgIpc) is 2.95. The monoisotopic (exact) mass is 271 g/mol. The first-order valence-electron chi connectivity index (χ1n) is 7.46. The molecule has 2 heterocycles. The van der Waals surface area contributed by atoms with E-state index < -0.39 is 0 Å². The Morgan fingerprint density at radius 3 is 2.75 bits per heavy atom. The number of rotatable bonds is 5. The summed E-state index contributed by atoms with van der Waals surface area (Å²) in [4.78, 5) is 4.50. The molecular formula is C16H21N3O. The molecule has 0 amide bonds. The normalized spacial score (nSPS) is 16.4. The van der Waals surface area contributed by atoms with Crippen LogP contribution >= 0.6 is 0 Å². The van der Waals surface area contributed by atoms with Gasteiger partial charge in [0.05, 0.1) is 0 Å². The van der Waals surface area contributed by atoms with Crippen LogP contribution in [0.25, 0.3) is 0 Å². The van der Waals surface area contributed by atoms with Crippen molar-refractivity contribution in [3.05, 3.63) is 47.6 Å². The standard InChI is InChI=1S/C16H21N3O/c1-2-4-14(5-3-1)12-15-18-16(20-19-15)7-6-13-8-10-17-11-9-13/h1-5,13,17H,6-12H2. The van der Waals surface area contributed by atoms with Gasteiger partial charge in [0.15, 0.2) is 5.82 Å². The quantitative estimate of drug-likeness (QED) is 0.908. The maximum atomic E-state index is 5.35. The maximum Gasteiger partial charge on any atom is 0.226 e. The Labute approximate surface area is 119 Å². The molecule has 0 atom stereocenters. The van der Waals surface area contributed by atoms with Crippen molar-refractivity contribution in [1.29, 1.82) is 0 Å². The van der Waals surface area contributed by atoms with Crippen molar-refractivity contribution in [3.8, 4) is 0 Å². The molecule has 0 unspecified atom stereocenters. The molecule has 4 nitrogen and oxygen atoms in total. The van der Waals surface area contributed by atoms with E-state index in [1.54, 1.807) is 0 Å².